The van der Waals surface area contributed by atoms with Crippen molar-refractivity contribution < 1.29 is 14.7 Å². The van der Waals surface area contributed by atoms with Gasteiger partial charge in [0.15, 0.2) is 0 Å². The fourth-order valence-corrected chi connectivity index (χ4v) is 2.92. The molecule has 1 aliphatic carbocycles. The first-order valence-corrected chi connectivity index (χ1v) is 7.65. The minimum absolute atomic E-state index is 0.00427. The molecule has 1 rings (SSSR count). The van der Waals surface area contributed by atoms with Gasteiger partial charge in [0, 0.05) is 13.1 Å². The average molecular weight is 284 g/mol. The minimum atomic E-state index is -0.860. The molecule has 5 nitrogen and oxygen atoms in total. The Kier molecular flexibility index (Phi) is 6.30. The van der Waals surface area contributed by atoms with Crippen molar-refractivity contribution in [2.45, 2.75) is 52.9 Å². The Morgan fingerprint density at radius 1 is 1.20 bits per heavy atom. The highest BCUT2D eigenvalue weighted by Gasteiger charge is 2.32. The number of aliphatic carboxylic acids is 1. The van der Waals surface area contributed by atoms with Gasteiger partial charge in [-0.3, -0.25) is 4.79 Å². The van der Waals surface area contributed by atoms with Crippen LogP contribution in [-0.4, -0.2) is 30.2 Å². The molecule has 5 heteroatoms. The van der Waals surface area contributed by atoms with E-state index in [9.17, 15) is 9.59 Å². The van der Waals surface area contributed by atoms with Crippen molar-refractivity contribution in [3.8, 4) is 0 Å². The smallest absolute Gasteiger partial charge is 0.314 e. The van der Waals surface area contributed by atoms with Crippen LogP contribution in [0.15, 0.2) is 0 Å². The van der Waals surface area contributed by atoms with Gasteiger partial charge >= 0.3 is 12.0 Å². The van der Waals surface area contributed by atoms with Crippen molar-refractivity contribution in [2.75, 3.05) is 13.1 Å². The van der Waals surface area contributed by atoms with Crippen molar-refractivity contribution in [1.29, 1.82) is 0 Å². The zero-order valence-electron chi connectivity index (χ0n) is 12.9. The van der Waals surface area contributed by atoms with E-state index in [1.807, 2.05) is 13.8 Å². The number of carbonyl (C=O) groups is 2. The van der Waals surface area contributed by atoms with Crippen LogP contribution in [-0.2, 0) is 4.79 Å². The molecule has 0 radical (unpaired) electrons. The summed E-state index contributed by atoms with van der Waals surface area (Å²) in [7, 11) is 0. The van der Waals surface area contributed by atoms with Crippen molar-refractivity contribution in [3.63, 3.8) is 0 Å². The lowest BCUT2D eigenvalue weighted by molar-refractivity contribution is -0.142. The number of carboxylic acids is 1. The number of urea groups is 1. The molecule has 1 unspecified atom stereocenters. The van der Waals surface area contributed by atoms with Crippen LogP contribution in [0.4, 0.5) is 4.79 Å². The highest BCUT2D eigenvalue weighted by Crippen LogP contribution is 2.40. The second-order valence-corrected chi connectivity index (χ2v) is 6.31. The van der Waals surface area contributed by atoms with Crippen molar-refractivity contribution >= 4 is 12.0 Å². The topological polar surface area (TPSA) is 78.4 Å². The second-order valence-electron chi connectivity index (χ2n) is 6.31. The lowest BCUT2D eigenvalue weighted by atomic mass is 9.83. The molecule has 116 valence electrons. The largest absolute Gasteiger partial charge is 0.481 e. The number of hydrogen-bond acceptors (Lipinski definition) is 2. The monoisotopic (exact) mass is 284 g/mol. The van der Waals surface area contributed by atoms with E-state index in [-0.39, 0.29) is 23.9 Å². The number of nitrogens with one attached hydrogen (secondary N) is 2. The lowest BCUT2D eigenvalue weighted by Gasteiger charge is -2.28. The Hall–Kier alpha value is -1.26. The molecule has 1 aliphatic rings. The first-order chi connectivity index (χ1) is 9.40. The van der Waals surface area contributed by atoms with Gasteiger partial charge in [-0.1, -0.05) is 33.6 Å². The molecule has 0 saturated heterocycles. The van der Waals surface area contributed by atoms with Gasteiger partial charge in [-0.25, -0.2) is 4.79 Å². The van der Waals surface area contributed by atoms with Crippen LogP contribution in [0.3, 0.4) is 0 Å². The minimum Gasteiger partial charge on any atom is -0.481 e. The molecule has 0 aromatic rings. The van der Waals surface area contributed by atoms with Gasteiger partial charge in [-0.15, -0.1) is 0 Å². The van der Waals surface area contributed by atoms with Gasteiger partial charge in [0.05, 0.1) is 5.92 Å². The average Bonchev–Trinajstić information content (AvgIpc) is 2.85. The molecular weight excluding hydrogens is 256 g/mol. The van der Waals surface area contributed by atoms with Crippen LogP contribution < -0.4 is 10.6 Å². The summed E-state index contributed by atoms with van der Waals surface area (Å²) >= 11 is 0. The van der Waals surface area contributed by atoms with Crippen LogP contribution in [0.2, 0.25) is 0 Å². The maximum atomic E-state index is 11.8. The van der Waals surface area contributed by atoms with Crippen LogP contribution in [0.1, 0.15) is 52.9 Å². The number of rotatable bonds is 7. The Labute approximate surface area is 121 Å². The molecule has 1 atom stereocenters. The first kappa shape index (κ1) is 16.8. The zero-order chi connectivity index (χ0) is 15.2. The summed E-state index contributed by atoms with van der Waals surface area (Å²) in [6.45, 7) is 6.74. The molecule has 0 bridgehead atoms. The third-order valence-electron chi connectivity index (χ3n) is 4.64. The summed E-state index contributed by atoms with van der Waals surface area (Å²) in [5.74, 6) is -1.39. The van der Waals surface area contributed by atoms with E-state index in [1.54, 1.807) is 0 Å². The predicted octanol–water partition coefficient (Wildman–Crippen LogP) is 2.61. The summed E-state index contributed by atoms with van der Waals surface area (Å²) in [4.78, 5) is 22.8. The third-order valence-corrected chi connectivity index (χ3v) is 4.64. The lowest BCUT2D eigenvalue weighted by Crippen LogP contribution is -2.44. The normalized spacial score (nSPS) is 18.8. The molecular formula is C15H28N2O3. The molecule has 1 fully saturated rings. The zero-order valence-corrected chi connectivity index (χ0v) is 12.9. The SMILES string of the molecule is CCC1(CNC(=O)NCC(C(=O)O)C(C)C)CCCC1. The van der Waals surface area contributed by atoms with Crippen LogP contribution in [0, 0.1) is 17.3 Å². The van der Waals surface area contributed by atoms with E-state index in [1.165, 1.54) is 25.7 Å². The number of carboxylic acid groups (broad SMARTS) is 1. The third kappa shape index (κ3) is 4.69. The summed E-state index contributed by atoms with van der Waals surface area (Å²) in [6.07, 6.45) is 5.91. The molecule has 20 heavy (non-hydrogen) atoms. The Morgan fingerprint density at radius 3 is 2.25 bits per heavy atom. The Balaban J connectivity index is 2.34. The highest BCUT2D eigenvalue weighted by atomic mass is 16.4. The fourth-order valence-electron chi connectivity index (χ4n) is 2.92. The van der Waals surface area contributed by atoms with Crippen molar-refractivity contribution in [2.24, 2.45) is 17.3 Å². The van der Waals surface area contributed by atoms with E-state index < -0.39 is 11.9 Å². The summed E-state index contributed by atoms with van der Waals surface area (Å²) in [5.41, 5.74) is 0.252. The number of amides is 2. The number of hydrogen-bond donors (Lipinski definition) is 3. The molecule has 0 spiro atoms. The quantitative estimate of drug-likeness (QED) is 0.672. The van der Waals surface area contributed by atoms with Crippen LogP contribution in [0.25, 0.3) is 0 Å². The fraction of sp³-hybridized carbons (Fsp3) is 0.867. The van der Waals surface area contributed by atoms with Crippen LogP contribution in [0.5, 0.6) is 0 Å². The summed E-state index contributed by atoms with van der Waals surface area (Å²) in [5, 5.41) is 14.7. The van der Waals surface area contributed by atoms with Gasteiger partial charge in [0.1, 0.15) is 0 Å². The first-order valence-electron chi connectivity index (χ1n) is 7.65. The standard InChI is InChI=1S/C15H28N2O3/c1-4-15(7-5-6-8-15)10-17-14(20)16-9-12(11(2)3)13(18)19/h11-12H,4-10H2,1-3H3,(H,18,19)(H2,16,17,20). The van der Waals surface area contributed by atoms with Crippen LogP contribution >= 0.6 is 0 Å². The molecule has 1 saturated carbocycles. The predicted molar refractivity (Wildman–Crippen MR) is 78.6 cm³/mol. The van der Waals surface area contributed by atoms with Crippen molar-refractivity contribution in [1.82, 2.24) is 10.6 Å². The summed E-state index contributed by atoms with van der Waals surface area (Å²) in [6, 6.07) is -0.253. The van der Waals surface area contributed by atoms with E-state index >= 15 is 0 Å². The van der Waals surface area contributed by atoms with Gasteiger partial charge in [0.2, 0.25) is 0 Å². The molecule has 0 aromatic carbocycles. The van der Waals surface area contributed by atoms with E-state index in [4.69, 9.17) is 5.11 Å². The van der Waals surface area contributed by atoms with Gasteiger partial charge in [-0.05, 0) is 30.6 Å². The Bertz CT molecular complexity index is 336. The molecule has 0 aromatic heterocycles. The maximum Gasteiger partial charge on any atom is 0.314 e. The van der Waals surface area contributed by atoms with E-state index in [0.29, 0.717) is 6.54 Å². The van der Waals surface area contributed by atoms with Gasteiger partial charge < -0.3 is 15.7 Å². The van der Waals surface area contributed by atoms with E-state index in [0.717, 1.165) is 6.42 Å². The number of carbonyl (C=O) groups excluding carboxylic acids is 1. The van der Waals surface area contributed by atoms with Gasteiger partial charge in [0.25, 0.3) is 0 Å². The van der Waals surface area contributed by atoms with Crippen molar-refractivity contribution in [3.05, 3.63) is 0 Å². The van der Waals surface area contributed by atoms with E-state index in [2.05, 4.69) is 17.6 Å². The van der Waals surface area contributed by atoms with Gasteiger partial charge in [-0.2, -0.15) is 0 Å². The maximum absolute atomic E-state index is 11.8. The highest BCUT2D eigenvalue weighted by molar-refractivity contribution is 5.76. The molecule has 0 heterocycles. The molecule has 2 amide bonds. The summed E-state index contributed by atoms with van der Waals surface area (Å²) < 4.78 is 0. The second kappa shape index (κ2) is 7.50. The Morgan fingerprint density at radius 2 is 1.80 bits per heavy atom. The molecule has 3 N–H and O–H groups in total. The molecule has 0 aliphatic heterocycles.